The molecule has 14 aromatic rings. The van der Waals surface area contributed by atoms with Gasteiger partial charge in [0.25, 0.3) is 0 Å². The Hall–Kier alpha value is -8.51. The van der Waals surface area contributed by atoms with Crippen molar-refractivity contribution in [2.24, 2.45) is 0 Å². The summed E-state index contributed by atoms with van der Waals surface area (Å²) in [5, 5.41) is 14.3. The summed E-state index contributed by atoms with van der Waals surface area (Å²) in [6.45, 7) is 0. The van der Waals surface area contributed by atoms with E-state index in [0.29, 0.717) is 17.5 Å². The summed E-state index contributed by atoms with van der Waals surface area (Å²) in [7, 11) is 0. The Morgan fingerprint density at radius 3 is 1.53 bits per heavy atom. The Balaban J connectivity index is 1.08. The fraction of sp³-hybridized carbons (Fsp3) is 0. The van der Waals surface area contributed by atoms with Crippen molar-refractivity contribution < 1.29 is 0 Å². The van der Waals surface area contributed by atoms with Crippen LogP contribution in [0.1, 0.15) is 0 Å². The Morgan fingerprint density at radius 1 is 0.303 bits per heavy atom. The van der Waals surface area contributed by atoms with Crippen LogP contribution in [0, 0.1) is 0 Å². The summed E-state index contributed by atoms with van der Waals surface area (Å²) in [6, 6.07) is 78.8. The minimum absolute atomic E-state index is 0.618. The zero-order valence-electron chi connectivity index (χ0n) is 35.5. The van der Waals surface area contributed by atoms with Crippen LogP contribution in [0.25, 0.3) is 136 Å². The Morgan fingerprint density at radius 2 is 0.833 bits per heavy atom. The number of hydrogen-bond donors (Lipinski definition) is 0. The van der Waals surface area contributed by atoms with Crippen LogP contribution in [0.2, 0.25) is 0 Å². The first-order valence-corrected chi connectivity index (χ1v) is 23.2. The normalized spacial score (nSPS) is 11.9. The Kier molecular flexibility index (Phi) is 8.12. The number of hydrogen-bond acceptors (Lipinski definition) is 4. The first-order valence-electron chi connectivity index (χ1n) is 22.3. The van der Waals surface area contributed by atoms with Gasteiger partial charge in [-0.2, -0.15) is 0 Å². The molecule has 5 heteroatoms. The van der Waals surface area contributed by atoms with Gasteiger partial charge >= 0.3 is 0 Å². The molecule has 0 saturated heterocycles. The standard InChI is InChI=1S/C61H36N4S/c1-2-17-41-34-55-54(33-40(41)16-1)49-31-27-39-15-5-8-22-46(39)58(49)65(55)43-29-32-52(53(36-43)42-28-30-48-47-23-9-10-26-56(47)66-57(48)35-42)61-63-59(50-24-11-18-37-13-3-6-20-44(37)50)62-60(64-61)51-25-12-19-38-14-4-7-21-45(38)51/h1-36H. The van der Waals surface area contributed by atoms with Gasteiger partial charge in [-0.25, -0.2) is 15.0 Å². The van der Waals surface area contributed by atoms with E-state index in [-0.39, 0.29) is 0 Å². The van der Waals surface area contributed by atoms with E-state index in [1.807, 2.05) is 11.3 Å². The topological polar surface area (TPSA) is 43.6 Å². The van der Waals surface area contributed by atoms with Crippen molar-refractivity contribution >= 4 is 96.4 Å². The lowest BCUT2D eigenvalue weighted by Crippen LogP contribution is -2.03. The molecule has 0 radical (unpaired) electrons. The fourth-order valence-corrected chi connectivity index (χ4v) is 11.5. The van der Waals surface area contributed by atoms with Crippen LogP contribution in [-0.4, -0.2) is 19.5 Å². The molecule has 0 bridgehead atoms. The van der Waals surface area contributed by atoms with Crippen LogP contribution in [0.5, 0.6) is 0 Å². The van der Waals surface area contributed by atoms with E-state index >= 15 is 0 Å². The smallest absolute Gasteiger partial charge is 0.164 e. The quantitative estimate of drug-likeness (QED) is 0.173. The van der Waals surface area contributed by atoms with E-state index in [9.17, 15) is 0 Å². The lowest BCUT2D eigenvalue weighted by Gasteiger charge is -2.17. The van der Waals surface area contributed by atoms with Gasteiger partial charge in [0.15, 0.2) is 17.5 Å². The molecular formula is C61H36N4S. The van der Waals surface area contributed by atoms with Gasteiger partial charge in [-0.15, -0.1) is 11.3 Å². The summed E-state index contributed by atoms with van der Waals surface area (Å²) in [6.07, 6.45) is 0. The third kappa shape index (κ3) is 5.74. The van der Waals surface area contributed by atoms with Crippen LogP contribution >= 0.6 is 11.3 Å². The van der Waals surface area contributed by atoms with Crippen molar-refractivity contribution in [3.63, 3.8) is 0 Å². The molecule has 0 N–H and O–H groups in total. The second-order valence-corrected chi connectivity index (χ2v) is 18.2. The molecule has 0 amide bonds. The molecule has 0 aliphatic rings. The maximum absolute atomic E-state index is 5.45. The molecule has 0 fully saturated rings. The molecule has 0 saturated carbocycles. The molecule has 3 aromatic heterocycles. The van der Waals surface area contributed by atoms with Gasteiger partial charge in [0, 0.05) is 58.7 Å². The molecular weight excluding hydrogens is 821 g/mol. The van der Waals surface area contributed by atoms with Crippen LogP contribution in [-0.2, 0) is 0 Å². The average molecular weight is 857 g/mol. The van der Waals surface area contributed by atoms with E-state index in [2.05, 4.69) is 223 Å². The van der Waals surface area contributed by atoms with Crippen molar-refractivity contribution in [1.29, 1.82) is 0 Å². The summed E-state index contributed by atoms with van der Waals surface area (Å²) in [5.74, 6) is 1.89. The van der Waals surface area contributed by atoms with E-state index in [0.717, 1.165) is 60.6 Å². The van der Waals surface area contributed by atoms with Crippen molar-refractivity contribution in [3.8, 4) is 51.0 Å². The molecule has 0 aliphatic carbocycles. The molecule has 306 valence electrons. The van der Waals surface area contributed by atoms with Gasteiger partial charge in [0.05, 0.1) is 11.0 Å². The number of aromatic nitrogens is 4. The molecule has 11 aromatic carbocycles. The highest BCUT2D eigenvalue weighted by atomic mass is 32.1. The lowest BCUT2D eigenvalue weighted by atomic mass is 9.96. The van der Waals surface area contributed by atoms with Crippen LogP contribution in [0.4, 0.5) is 0 Å². The molecule has 3 heterocycles. The van der Waals surface area contributed by atoms with Crippen LogP contribution < -0.4 is 0 Å². The maximum atomic E-state index is 5.45. The van der Waals surface area contributed by atoms with Crippen molar-refractivity contribution in [1.82, 2.24) is 19.5 Å². The van der Waals surface area contributed by atoms with E-state index < -0.39 is 0 Å². The number of thiophene rings is 1. The molecule has 0 atom stereocenters. The summed E-state index contributed by atoms with van der Waals surface area (Å²) >= 11 is 1.84. The SMILES string of the molecule is c1ccc2cc3c(cc2c1)c1ccc2ccccc2c1n3-c1ccc(-c2nc(-c3cccc4ccccc34)nc(-c3cccc4ccccc34)n2)c(-c2ccc3c(c2)sc2ccccc23)c1. The number of benzene rings is 11. The monoisotopic (exact) mass is 856 g/mol. The Labute approximate surface area is 383 Å². The first kappa shape index (κ1) is 36.9. The van der Waals surface area contributed by atoms with Crippen LogP contribution in [0.15, 0.2) is 218 Å². The van der Waals surface area contributed by atoms with Gasteiger partial charge < -0.3 is 4.57 Å². The summed E-state index contributed by atoms with van der Waals surface area (Å²) in [5.41, 5.74) is 8.42. The zero-order chi connectivity index (χ0) is 43.3. The highest BCUT2D eigenvalue weighted by Gasteiger charge is 2.22. The molecule has 0 aliphatic heterocycles. The first-order chi connectivity index (χ1) is 32.7. The predicted molar refractivity (Wildman–Crippen MR) is 279 cm³/mol. The van der Waals surface area contributed by atoms with Gasteiger partial charge in [0.1, 0.15) is 0 Å². The van der Waals surface area contributed by atoms with Crippen molar-refractivity contribution in [2.45, 2.75) is 0 Å². The molecule has 14 rings (SSSR count). The van der Waals surface area contributed by atoms with E-state index in [1.54, 1.807) is 0 Å². The largest absolute Gasteiger partial charge is 0.309 e. The van der Waals surface area contributed by atoms with Gasteiger partial charge in [0.2, 0.25) is 0 Å². The second-order valence-electron chi connectivity index (χ2n) is 17.1. The third-order valence-electron chi connectivity index (χ3n) is 13.4. The van der Waals surface area contributed by atoms with Gasteiger partial charge in [-0.05, 0) is 91.3 Å². The Bertz CT molecular complexity index is 4200. The fourth-order valence-electron chi connectivity index (χ4n) is 10.3. The van der Waals surface area contributed by atoms with Crippen molar-refractivity contribution in [2.75, 3.05) is 0 Å². The molecule has 4 nitrogen and oxygen atoms in total. The average Bonchev–Trinajstić information content (AvgIpc) is 3.92. The van der Waals surface area contributed by atoms with E-state index in [1.165, 1.54) is 58.0 Å². The summed E-state index contributed by atoms with van der Waals surface area (Å²) in [4.78, 5) is 16.2. The molecule has 0 spiro atoms. The van der Waals surface area contributed by atoms with Gasteiger partial charge in [-0.1, -0.05) is 176 Å². The third-order valence-corrected chi connectivity index (χ3v) is 14.5. The van der Waals surface area contributed by atoms with Gasteiger partial charge in [-0.3, -0.25) is 0 Å². The minimum Gasteiger partial charge on any atom is -0.309 e. The maximum Gasteiger partial charge on any atom is 0.164 e. The number of nitrogens with zero attached hydrogens (tertiary/aromatic N) is 4. The molecule has 0 unspecified atom stereocenters. The highest BCUT2D eigenvalue weighted by Crippen LogP contribution is 2.43. The number of fused-ring (bicyclic) bond motifs is 11. The highest BCUT2D eigenvalue weighted by molar-refractivity contribution is 7.25. The minimum atomic E-state index is 0.618. The second kappa shape index (κ2) is 14.5. The number of rotatable bonds is 5. The van der Waals surface area contributed by atoms with Crippen molar-refractivity contribution in [3.05, 3.63) is 218 Å². The summed E-state index contributed by atoms with van der Waals surface area (Å²) < 4.78 is 4.99. The predicted octanol–water partition coefficient (Wildman–Crippen LogP) is 16.6. The lowest BCUT2D eigenvalue weighted by molar-refractivity contribution is 1.08. The van der Waals surface area contributed by atoms with Crippen LogP contribution in [0.3, 0.4) is 0 Å². The zero-order valence-corrected chi connectivity index (χ0v) is 36.3. The molecule has 66 heavy (non-hydrogen) atoms. The van der Waals surface area contributed by atoms with E-state index in [4.69, 9.17) is 15.0 Å².